The van der Waals surface area contributed by atoms with Crippen LogP contribution in [0.15, 0.2) is 59.7 Å². The summed E-state index contributed by atoms with van der Waals surface area (Å²) in [7, 11) is 0. The van der Waals surface area contributed by atoms with Crippen molar-refractivity contribution < 1.29 is 8.78 Å². The van der Waals surface area contributed by atoms with Crippen LogP contribution in [0.4, 0.5) is 14.6 Å². The van der Waals surface area contributed by atoms with E-state index < -0.39 is 17.2 Å². The first-order valence-corrected chi connectivity index (χ1v) is 7.44. The highest BCUT2D eigenvalue weighted by atomic mass is 35.5. The zero-order chi connectivity index (χ0) is 17.1. The second-order valence-electron chi connectivity index (χ2n) is 4.99. The third-order valence-corrected chi connectivity index (χ3v) is 3.79. The molecule has 4 nitrogen and oxygen atoms in total. The van der Waals surface area contributed by atoms with Gasteiger partial charge in [-0.15, -0.1) is 0 Å². The first-order chi connectivity index (χ1) is 11.6. The topological polar surface area (TPSA) is 46.9 Å². The average molecular weight is 348 g/mol. The van der Waals surface area contributed by atoms with Gasteiger partial charge in [-0.3, -0.25) is 9.36 Å². The summed E-state index contributed by atoms with van der Waals surface area (Å²) in [5, 5.41) is 3.48. The van der Waals surface area contributed by atoms with Gasteiger partial charge < -0.3 is 5.32 Å². The molecule has 122 valence electrons. The Kier molecular flexibility index (Phi) is 4.57. The second-order valence-corrected chi connectivity index (χ2v) is 5.40. The molecule has 0 aliphatic carbocycles. The summed E-state index contributed by atoms with van der Waals surface area (Å²) in [5.74, 6) is -1.91. The molecule has 0 aliphatic rings. The summed E-state index contributed by atoms with van der Waals surface area (Å²) >= 11 is 6.07. The molecule has 0 fully saturated rings. The molecule has 0 saturated heterocycles. The van der Waals surface area contributed by atoms with E-state index in [4.69, 9.17) is 11.6 Å². The van der Waals surface area contributed by atoms with Gasteiger partial charge in [0.15, 0.2) is 17.5 Å². The van der Waals surface area contributed by atoms with E-state index in [0.29, 0.717) is 11.6 Å². The molecule has 0 saturated carbocycles. The molecule has 0 bridgehead atoms. The Morgan fingerprint density at radius 3 is 2.67 bits per heavy atom. The second kappa shape index (κ2) is 6.80. The molecular weight excluding hydrogens is 336 g/mol. The van der Waals surface area contributed by atoms with Gasteiger partial charge in [0.1, 0.15) is 0 Å². The Hall–Kier alpha value is -2.73. The highest BCUT2D eigenvalue weighted by molar-refractivity contribution is 6.31. The van der Waals surface area contributed by atoms with E-state index in [1.54, 1.807) is 6.07 Å². The van der Waals surface area contributed by atoms with Gasteiger partial charge in [0, 0.05) is 30.0 Å². The van der Waals surface area contributed by atoms with E-state index in [0.717, 1.165) is 17.7 Å². The fraction of sp³-hybridized carbons (Fsp3) is 0.0588. The Balaban J connectivity index is 1.90. The first kappa shape index (κ1) is 16.1. The monoisotopic (exact) mass is 347 g/mol. The largest absolute Gasteiger partial charge is 0.361 e. The van der Waals surface area contributed by atoms with E-state index in [1.807, 2.05) is 18.2 Å². The molecule has 24 heavy (non-hydrogen) atoms. The van der Waals surface area contributed by atoms with Gasteiger partial charge in [-0.1, -0.05) is 29.8 Å². The lowest BCUT2D eigenvalue weighted by atomic mass is 10.2. The smallest absolute Gasteiger partial charge is 0.297 e. The van der Waals surface area contributed by atoms with Crippen LogP contribution in [0.25, 0.3) is 5.69 Å². The normalized spacial score (nSPS) is 10.6. The van der Waals surface area contributed by atoms with Crippen molar-refractivity contribution in [1.82, 2.24) is 9.55 Å². The van der Waals surface area contributed by atoms with Crippen LogP contribution in [0.1, 0.15) is 5.56 Å². The lowest BCUT2D eigenvalue weighted by Crippen LogP contribution is -2.23. The predicted molar refractivity (Wildman–Crippen MR) is 88.5 cm³/mol. The minimum atomic E-state index is -1.03. The molecule has 0 aliphatic heterocycles. The minimum Gasteiger partial charge on any atom is -0.361 e. The number of anilines is 1. The minimum absolute atomic E-state index is 0.0853. The van der Waals surface area contributed by atoms with Crippen LogP contribution in [0.2, 0.25) is 5.02 Å². The Morgan fingerprint density at radius 1 is 1.12 bits per heavy atom. The van der Waals surface area contributed by atoms with E-state index >= 15 is 0 Å². The van der Waals surface area contributed by atoms with Crippen LogP contribution in [-0.4, -0.2) is 9.55 Å². The number of halogens is 3. The standard InChI is InChI=1S/C17H12ClF2N3O/c18-13-4-2-1-3-11(13)10-22-16-17(24)23(8-7-21-16)12-5-6-14(19)15(20)9-12/h1-9H,10H2,(H,21,22). The highest BCUT2D eigenvalue weighted by Crippen LogP contribution is 2.16. The van der Waals surface area contributed by atoms with Crippen molar-refractivity contribution >= 4 is 17.4 Å². The van der Waals surface area contributed by atoms with E-state index in [2.05, 4.69) is 10.3 Å². The third-order valence-electron chi connectivity index (χ3n) is 3.43. The fourth-order valence-electron chi connectivity index (χ4n) is 2.19. The van der Waals surface area contributed by atoms with Crippen molar-refractivity contribution in [3.63, 3.8) is 0 Å². The molecule has 0 spiro atoms. The Labute approximate surface area is 141 Å². The SMILES string of the molecule is O=c1c(NCc2ccccc2Cl)nccn1-c1ccc(F)c(F)c1. The molecule has 2 aromatic carbocycles. The number of hydrogen-bond acceptors (Lipinski definition) is 3. The number of rotatable bonds is 4. The van der Waals surface area contributed by atoms with Crippen molar-refractivity contribution in [2.45, 2.75) is 6.54 Å². The van der Waals surface area contributed by atoms with Crippen molar-refractivity contribution in [3.05, 3.63) is 87.4 Å². The zero-order valence-electron chi connectivity index (χ0n) is 12.3. The van der Waals surface area contributed by atoms with E-state index in [1.165, 1.54) is 23.0 Å². The van der Waals surface area contributed by atoms with Gasteiger partial charge >= 0.3 is 0 Å². The summed E-state index contributed by atoms with van der Waals surface area (Å²) in [6, 6.07) is 10.5. The first-order valence-electron chi connectivity index (χ1n) is 7.06. The molecule has 0 atom stereocenters. The Morgan fingerprint density at radius 2 is 1.92 bits per heavy atom. The highest BCUT2D eigenvalue weighted by Gasteiger charge is 2.09. The number of benzene rings is 2. The Bertz CT molecular complexity index is 943. The van der Waals surface area contributed by atoms with Crippen LogP contribution in [0, 0.1) is 11.6 Å². The van der Waals surface area contributed by atoms with E-state index in [-0.39, 0.29) is 11.5 Å². The fourth-order valence-corrected chi connectivity index (χ4v) is 2.39. The van der Waals surface area contributed by atoms with Gasteiger partial charge in [0.05, 0.1) is 5.69 Å². The summed E-state index contributed by atoms with van der Waals surface area (Å²) in [5.41, 5.74) is 0.543. The molecule has 3 aromatic rings. The lowest BCUT2D eigenvalue weighted by molar-refractivity contribution is 0.508. The summed E-state index contributed by atoms with van der Waals surface area (Å²) in [6.07, 6.45) is 2.79. The summed E-state index contributed by atoms with van der Waals surface area (Å²) < 4.78 is 27.6. The molecule has 1 N–H and O–H groups in total. The number of nitrogens with one attached hydrogen (secondary N) is 1. The maximum absolute atomic E-state index is 13.4. The lowest BCUT2D eigenvalue weighted by Gasteiger charge is -2.10. The summed E-state index contributed by atoms with van der Waals surface area (Å²) in [6.45, 7) is 0.309. The quantitative estimate of drug-likeness (QED) is 0.781. The predicted octanol–water partition coefficient (Wildman–Crippen LogP) is 3.78. The maximum atomic E-state index is 13.4. The molecule has 3 rings (SSSR count). The zero-order valence-corrected chi connectivity index (χ0v) is 13.1. The van der Waals surface area contributed by atoms with Gasteiger partial charge in [-0.05, 0) is 23.8 Å². The van der Waals surface area contributed by atoms with Crippen LogP contribution in [-0.2, 0) is 6.54 Å². The molecule has 1 aromatic heterocycles. The van der Waals surface area contributed by atoms with Crippen LogP contribution in [0.5, 0.6) is 0 Å². The van der Waals surface area contributed by atoms with Crippen molar-refractivity contribution in [2.75, 3.05) is 5.32 Å². The average Bonchev–Trinajstić information content (AvgIpc) is 2.58. The van der Waals surface area contributed by atoms with Gasteiger partial charge in [0.2, 0.25) is 0 Å². The van der Waals surface area contributed by atoms with Crippen molar-refractivity contribution in [3.8, 4) is 5.69 Å². The van der Waals surface area contributed by atoms with Crippen LogP contribution < -0.4 is 10.9 Å². The van der Waals surface area contributed by atoms with Crippen molar-refractivity contribution in [2.24, 2.45) is 0 Å². The molecule has 1 heterocycles. The maximum Gasteiger partial charge on any atom is 0.297 e. The number of aromatic nitrogens is 2. The van der Waals surface area contributed by atoms with E-state index in [9.17, 15) is 13.6 Å². The van der Waals surface area contributed by atoms with Crippen LogP contribution in [0.3, 0.4) is 0 Å². The number of hydrogen-bond donors (Lipinski definition) is 1. The van der Waals surface area contributed by atoms with Gasteiger partial charge in [-0.2, -0.15) is 0 Å². The van der Waals surface area contributed by atoms with Crippen LogP contribution >= 0.6 is 11.6 Å². The third kappa shape index (κ3) is 3.28. The molecule has 0 amide bonds. The van der Waals surface area contributed by atoms with Gasteiger partial charge in [-0.25, -0.2) is 13.8 Å². The summed E-state index contributed by atoms with van der Waals surface area (Å²) in [4.78, 5) is 16.5. The molecule has 0 radical (unpaired) electrons. The van der Waals surface area contributed by atoms with Crippen molar-refractivity contribution in [1.29, 1.82) is 0 Å². The molecule has 7 heteroatoms. The van der Waals surface area contributed by atoms with Gasteiger partial charge in [0.25, 0.3) is 5.56 Å². The number of nitrogens with zero attached hydrogens (tertiary/aromatic N) is 2. The molecular formula is C17H12ClF2N3O. The molecule has 0 unspecified atom stereocenters.